The van der Waals surface area contributed by atoms with Gasteiger partial charge in [-0.15, -0.1) is 11.3 Å². The molecule has 0 bridgehead atoms. The van der Waals surface area contributed by atoms with E-state index in [9.17, 15) is 18.0 Å². The van der Waals surface area contributed by atoms with Gasteiger partial charge in [-0.2, -0.15) is 0 Å². The molecule has 1 rings (SSSR count). The first-order chi connectivity index (χ1) is 9.86. The van der Waals surface area contributed by atoms with Crippen molar-refractivity contribution in [3.63, 3.8) is 0 Å². The Kier molecular flexibility index (Phi) is 6.75. The number of carboxylic acid groups (broad SMARTS) is 1. The van der Waals surface area contributed by atoms with Gasteiger partial charge in [-0.25, -0.2) is 17.9 Å². The van der Waals surface area contributed by atoms with Crippen LogP contribution in [-0.4, -0.2) is 51.7 Å². The van der Waals surface area contributed by atoms with E-state index in [4.69, 9.17) is 9.84 Å². The zero-order valence-electron chi connectivity index (χ0n) is 11.2. The number of carbonyl (C=O) groups is 2. The number of methoxy groups -OCH3 is 1. The maximum absolute atomic E-state index is 11.8. The summed E-state index contributed by atoms with van der Waals surface area (Å²) in [6.07, 6.45) is 0.0925. The number of hydrogen-bond donors (Lipinski definition) is 3. The van der Waals surface area contributed by atoms with Crippen LogP contribution in [0.3, 0.4) is 0 Å². The van der Waals surface area contributed by atoms with Gasteiger partial charge in [0.25, 0.3) is 10.0 Å². The molecule has 1 unspecified atom stereocenters. The topological polar surface area (TPSA) is 122 Å². The molecule has 0 saturated heterocycles. The fourth-order valence-electron chi connectivity index (χ4n) is 1.39. The van der Waals surface area contributed by atoms with Crippen LogP contribution in [0, 0.1) is 0 Å². The van der Waals surface area contributed by atoms with E-state index in [1.807, 2.05) is 0 Å². The normalized spacial score (nSPS) is 12.8. The van der Waals surface area contributed by atoms with Crippen molar-refractivity contribution in [2.45, 2.75) is 16.7 Å². The van der Waals surface area contributed by atoms with Crippen LogP contribution in [-0.2, 0) is 24.3 Å². The highest BCUT2D eigenvalue weighted by Crippen LogP contribution is 2.14. The van der Waals surface area contributed by atoms with Gasteiger partial charge in [0.2, 0.25) is 5.91 Å². The van der Waals surface area contributed by atoms with E-state index in [2.05, 4.69) is 10.0 Å². The number of sulfonamides is 1. The maximum atomic E-state index is 11.8. The van der Waals surface area contributed by atoms with Gasteiger partial charge < -0.3 is 15.2 Å². The summed E-state index contributed by atoms with van der Waals surface area (Å²) in [5, 5.41) is 12.7. The third kappa shape index (κ3) is 5.79. The van der Waals surface area contributed by atoms with Crippen LogP contribution in [0.2, 0.25) is 0 Å². The van der Waals surface area contributed by atoms with Crippen LogP contribution in [0.15, 0.2) is 21.7 Å². The molecule has 3 N–H and O–H groups in total. The Morgan fingerprint density at radius 2 is 2.19 bits per heavy atom. The molecule has 0 aliphatic rings. The Bertz CT molecular complexity index is 570. The van der Waals surface area contributed by atoms with Crippen LogP contribution in [0.5, 0.6) is 0 Å². The average Bonchev–Trinajstić information content (AvgIpc) is 2.96. The summed E-state index contributed by atoms with van der Waals surface area (Å²) >= 11 is 1.02. The Balaban J connectivity index is 2.51. The molecule has 8 nitrogen and oxygen atoms in total. The molecule has 1 amide bonds. The predicted octanol–water partition coefficient (Wildman–Crippen LogP) is -0.368. The van der Waals surface area contributed by atoms with Crippen molar-refractivity contribution in [1.29, 1.82) is 0 Å². The number of carbonyl (C=O) groups excluding carboxylic acids is 1. The average molecular weight is 336 g/mol. The van der Waals surface area contributed by atoms with Crippen LogP contribution in [0.4, 0.5) is 0 Å². The molecule has 21 heavy (non-hydrogen) atoms. The number of rotatable bonds is 9. The van der Waals surface area contributed by atoms with Crippen molar-refractivity contribution in [1.82, 2.24) is 10.0 Å². The highest BCUT2D eigenvalue weighted by Gasteiger charge is 2.21. The largest absolute Gasteiger partial charge is 0.480 e. The summed E-state index contributed by atoms with van der Waals surface area (Å²) in [7, 11) is -2.34. The van der Waals surface area contributed by atoms with Gasteiger partial charge in [-0.1, -0.05) is 6.07 Å². The zero-order valence-corrected chi connectivity index (χ0v) is 12.9. The molecule has 0 aromatic carbocycles. The SMILES string of the molecule is COCCC(NC(=O)CNS(=O)(=O)c1cccs1)C(=O)O. The highest BCUT2D eigenvalue weighted by atomic mass is 32.2. The minimum absolute atomic E-state index is 0.0875. The zero-order chi connectivity index (χ0) is 15.9. The summed E-state index contributed by atoms with van der Waals surface area (Å²) in [6.45, 7) is -0.366. The smallest absolute Gasteiger partial charge is 0.326 e. The van der Waals surface area contributed by atoms with Gasteiger partial charge in [0, 0.05) is 20.1 Å². The predicted molar refractivity (Wildman–Crippen MR) is 75.6 cm³/mol. The second-order valence-corrected chi connectivity index (χ2v) is 6.94. The molecule has 118 valence electrons. The number of hydrogen-bond acceptors (Lipinski definition) is 6. The Morgan fingerprint density at radius 3 is 2.71 bits per heavy atom. The van der Waals surface area contributed by atoms with Gasteiger partial charge in [-0.3, -0.25) is 4.79 Å². The maximum Gasteiger partial charge on any atom is 0.326 e. The molecule has 10 heteroatoms. The Morgan fingerprint density at radius 1 is 1.48 bits per heavy atom. The van der Waals surface area contributed by atoms with Gasteiger partial charge in [-0.05, 0) is 11.4 Å². The fraction of sp³-hybridized carbons (Fsp3) is 0.455. The minimum atomic E-state index is -3.75. The second kappa shape index (κ2) is 8.08. The molecule has 0 spiro atoms. The lowest BCUT2D eigenvalue weighted by Gasteiger charge is -2.14. The number of ether oxygens (including phenoxy) is 1. The van der Waals surface area contributed by atoms with E-state index >= 15 is 0 Å². The number of amides is 1. The molecule has 1 atom stereocenters. The molecule has 0 fully saturated rings. The lowest BCUT2D eigenvalue weighted by molar-refractivity contribution is -0.142. The quantitative estimate of drug-likeness (QED) is 0.566. The standard InChI is InChI=1S/C11H16N2O6S2/c1-19-5-4-8(11(15)16)13-9(14)7-12-21(17,18)10-3-2-6-20-10/h2-3,6,8,12H,4-5,7H2,1H3,(H,13,14)(H,15,16). The van der Waals surface area contributed by atoms with Crippen LogP contribution in [0.1, 0.15) is 6.42 Å². The molecule has 1 aromatic heterocycles. The number of aliphatic carboxylic acids is 1. The Labute approximate surface area is 126 Å². The van der Waals surface area contributed by atoms with Crippen LogP contribution in [0.25, 0.3) is 0 Å². The molecular formula is C11H16N2O6S2. The van der Waals surface area contributed by atoms with Crippen molar-refractivity contribution < 1.29 is 27.9 Å². The monoisotopic (exact) mass is 336 g/mol. The lowest BCUT2D eigenvalue weighted by Crippen LogP contribution is -2.45. The lowest BCUT2D eigenvalue weighted by atomic mass is 10.2. The molecular weight excluding hydrogens is 320 g/mol. The molecule has 0 aliphatic carbocycles. The first kappa shape index (κ1) is 17.6. The fourth-order valence-corrected chi connectivity index (χ4v) is 3.41. The number of thiophene rings is 1. The van der Waals surface area contributed by atoms with Gasteiger partial charge in [0.05, 0.1) is 6.54 Å². The van der Waals surface area contributed by atoms with Crippen molar-refractivity contribution in [2.75, 3.05) is 20.3 Å². The second-order valence-electron chi connectivity index (χ2n) is 4.00. The molecule has 0 aliphatic heterocycles. The summed E-state index contributed by atoms with van der Waals surface area (Å²) < 4.78 is 30.5. The highest BCUT2D eigenvalue weighted by molar-refractivity contribution is 7.91. The number of carboxylic acids is 1. The number of nitrogens with one attached hydrogen (secondary N) is 2. The summed E-state index contributed by atoms with van der Waals surface area (Å²) in [5.41, 5.74) is 0. The van der Waals surface area contributed by atoms with Crippen LogP contribution >= 0.6 is 11.3 Å². The molecule has 1 aromatic rings. The van der Waals surface area contributed by atoms with Crippen molar-refractivity contribution in [3.8, 4) is 0 Å². The van der Waals surface area contributed by atoms with E-state index in [0.29, 0.717) is 0 Å². The molecule has 1 heterocycles. The third-order valence-corrected chi connectivity index (χ3v) is 5.23. The minimum Gasteiger partial charge on any atom is -0.480 e. The summed E-state index contributed by atoms with van der Waals surface area (Å²) in [5.74, 6) is -1.93. The first-order valence-corrected chi connectivity index (χ1v) is 8.27. The van der Waals surface area contributed by atoms with Crippen molar-refractivity contribution >= 4 is 33.2 Å². The van der Waals surface area contributed by atoms with Gasteiger partial charge >= 0.3 is 5.97 Å². The van der Waals surface area contributed by atoms with Crippen molar-refractivity contribution in [2.24, 2.45) is 0 Å². The van der Waals surface area contributed by atoms with Crippen molar-refractivity contribution in [3.05, 3.63) is 17.5 Å². The van der Waals surface area contributed by atoms with E-state index in [1.165, 1.54) is 13.2 Å². The van der Waals surface area contributed by atoms with E-state index in [1.54, 1.807) is 11.4 Å². The van der Waals surface area contributed by atoms with Crippen LogP contribution < -0.4 is 10.0 Å². The Hall–Kier alpha value is -1.49. The third-order valence-electron chi connectivity index (χ3n) is 2.43. The van der Waals surface area contributed by atoms with E-state index in [-0.39, 0.29) is 17.2 Å². The van der Waals surface area contributed by atoms with E-state index in [0.717, 1.165) is 11.3 Å². The van der Waals surface area contributed by atoms with Gasteiger partial charge in [0.15, 0.2) is 0 Å². The molecule has 0 radical (unpaired) electrons. The molecule has 0 saturated carbocycles. The summed E-state index contributed by atoms with van der Waals surface area (Å²) in [6, 6.07) is 1.86. The van der Waals surface area contributed by atoms with Gasteiger partial charge in [0.1, 0.15) is 10.3 Å². The first-order valence-electron chi connectivity index (χ1n) is 5.91. The van der Waals surface area contributed by atoms with E-state index < -0.39 is 34.5 Å². The summed E-state index contributed by atoms with van der Waals surface area (Å²) in [4.78, 5) is 22.5.